The number of carbonyl (C=O) groups excluding carboxylic acids is 2. The first-order valence-electron chi connectivity index (χ1n) is 8.16. The maximum atomic E-state index is 12.6. The van der Waals surface area contributed by atoms with E-state index in [2.05, 4.69) is 0 Å². The molecule has 0 amide bonds. The lowest BCUT2D eigenvalue weighted by Crippen LogP contribution is -2.24. The van der Waals surface area contributed by atoms with E-state index in [9.17, 15) is 9.59 Å². The number of Topliss-reactive ketones (excluding diaryl/α,β-unsaturated/α-hetero) is 2. The predicted octanol–water partition coefficient (Wildman–Crippen LogP) is 6.40. The number of ketones is 2. The highest BCUT2D eigenvalue weighted by Gasteiger charge is 2.38. The van der Waals surface area contributed by atoms with Gasteiger partial charge >= 0.3 is 0 Å². The second kappa shape index (κ2) is 7.43. The third kappa shape index (κ3) is 3.61. The van der Waals surface area contributed by atoms with Crippen LogP contribution >= 0.6 is 46.7 Å². The Bertz CT molecular complexity index is 831. The van der Waals surface area contributed by atoms with Crippen LogP contribution in [-0.4, -0.2) is 11.6 Å². The molecule has 0 aromatic heterocycles. The van der Waals surface area contributed by atoms with Crippen molar-refractivity contribution in [1.82, 2.24) is 0 Å². The number of halogens is 2. The molecule has 6 heteroatoms. The molecular weight excluding hydrogens is 407 g/mol. The molecule has 4 rings (SSSR count). The first-order valence-corrected chi connectivity index (χ1v) is 10.7. The minimum absolute atomic E-state index is 0.0165. The van der Waals surface area contributed by atoms with Gasteiger partial charge in [-0.3, -0.25) is 9.59 Å². The van der Waals surface area contributed by atoms with Crippen LogP contribution in [0.4, 0.5) is 0 Å². The average molecular weight is 421 g/mol. The molecule has 26 heavy (non-hydrogen) atoms. The Morgan fingerprint density at radius 3 is 1.46 bits per heavy atom. The monoisotopic (exact) mass is 420 g/mol. The van der Waals surface area contributed by atoms with Crippen LogP contribution in [0, 0.1) is 0 Å². The fourth-order valence-electron chi connectivity index (χ4n) is 3.14. The van der Waals surface area contributed by atoms with Crippen molar-refractivity contribution < 1.29 is 9.59 Å². The molecule has 2 aromatic carbocycles. The summed E-state index contributed by atoms with van der Waals surface area (Å²) in [7, 11) is 0. The molecule has 0 saturated heterocycles. The Labute approximate surface area is 170 Å². The van der Waals surface area contributed by atoms with E-state index in [1.807, 2.05) is 48.5 Å². The van der Waals surface area contributed by atoms with Gasteiger partial charge in [-0.15, -0.1) is 23.5 Å². The summed E-state index contributed by atoms with van der Waals surface area (Å²) < 4.78 is 0.845. The fraction of sp³-hybridized carbons (Fsp3) is 0.200. The standard InChI is InChI=1S/C20H14Cl2O2S2/c21-13-5-1-11(2-6-13)17-9-15(23)19-16(24)10-18(26-20(19)25-17)12-3-7-14(22)8-4-12/h1-8,17-18H,9-10H2. The lowest BCUT2D eigenvalue weighted by molar-refractivity contribution is -0.121. The molecule has 2 unspecified atom stereocenters. The van der Waals surface area contributed by atoms with E-state index in [0.29, 0.717) is 28.5 Å². The van der Waals surface area contributed by atoms with Crippen LogP contribution in [0.1, 0.15) is 34.5 Å². The summed E-state index contributed by atoms with van der Waals surface area (Å²) in [5.41, 5.74) is 2.51. The molecule has 0 aliphatic carbocycles. The van der Waals surface area contributed by atoms with Gasteiger partial charge in [-0.2, -0.15) is 0 Å². The maximum absolute atomic E-state index is 12.6. The van der Waals surface area contributed by atoms with Gasteiger partial charge in [0.2, 0.25) is 0 Å². The molecule has 0 N–H and O–H groups in total. The van der Waals surface area contributed by atoms with Crippen LogP contribution in [-0.2, 0) is 9.59 Å². The summed E-state index contributed by atoms with van der Waals surface area (Å²) in [5, 5.41) is 1.38. The molecule has 2 atom stereocenters. The van der Waals surface area contributed by atoms with Crippen LogP contribution in [0.25, 0.3) is 0 Å². The van der Waals surface area contributed by atoms with Crippen LogP contribution in [0.3, 0.4) is 0 Å². The lowest BCUT2D eigenvalue weighted by Gasteiger charge is -2.31. The molecule has 0 spiro atoms. The predicted molar refractivity (Wildman–Crippen MR) is 110 cm³/mol. The topological polar surface area (TPSA) is 34.1 Å². The van der Waals surface area contributed by atoms with Gasteiger partial charge in [-0.1, -0.05) is 47.5 Å². The summed E-state index contributed by atoms with van der Waals surface area (Å²) in [4.78, 5) is 25.3. The van der Waals surface area contributed by atoms with Gasteiger partial charge in [-0.25, -0.2) is 0 Å². The van der Waals surface area contributed by atoms with E-state index < -0.39 is 0 Å². The lowest BCUT2D eigenvalue weighted by atomic mass is 9.96. The molecule has 0 bridgehead atoms. The van der Waals surface area contributed by atoms with Crippen LogP contribution < -0.4 is 0 Å². The van der Waals surface area contributed by atoms with Crippen molar-refractivity contribution in [2.24, 2.45) is 0 Å². The number of carbonyl (C=O) groups is 2. The van der Waals surface area contributed by atoms with Gasteiger partial charge in [0.15, 0.2) is 11.6 Å². The van der Waals surface area contributed by atoms with E-state index in [1.54, 1.807) is 23.5 Å². The van der Waals surface area contributed by atoms with Gasteiger partial charge < -0.3 is 0 Å². The summed E-state index contributed by atoms with van der Waals surface area (Å²) in [6.07, 6.45) is 0.700. The quantitative estimate of drug-likeness (QED) is 0.526. The SMILES string of the molecule is O=C1CC(c2ccc(Cl)cc2)SC2=C1C(=O)CC(c1ccc(Cl)cc1)S2. The Morgan fingerprint density at radius 2 is 1.08 bits per heavy atom. The molecule has 132 valence electrons. The van der Waals surface area contributed by atoms with E-state index in [1.165, 1.54) is 0 Å². The molecule has 0 saturated carbocycles. The molecule has 0 radical (unpaired) electrons. The summed E-state index contributed by atoms with van der Waals surface area (Å²) in [6.45, 7) is 0. The maximum Gasteiger partial charge on any atom is 0.169 e. The molecule has 2 heterocycles. The molecule has 2 aliphatic rings. The molecular formula is C20H14Cl2O2S2. The normalized spacial score (nSPS) is 23.2. The highest BCUT2D eigenvalue weighted by Crippen LogP contribution is 2.55. The number of hydrogen-bond donors (Lipinski definition) is 0. The van der Waals surface area contributed by atoms with E-state index >= 15 is 0 Å². The molecule has 2 nitrogen and oxygen atoms in total. The van der Waals surface area contributed by atoms with Gasteiger partial charge in [0.05, 0.1) is 9.81 Å². The minimum Gasteiger partial charge on any atom is -0.294 e. The van der Waals surface area contributed by atoms with Gasteiger partial charge in [0, 0.05) is 33.4 Å². The molecule has 0 fully saturated rings. The number of allylic oxidation sites excluding steroid dienone is 1. The minimum atomic E-state index is -0.0502. The number of rotatable bonds is 2. The highest BCUT2D eigenvalue weighted by molar-refractivity contribution is 8.22. The second-order valence-corrected chi connectivity index (χ2v) is 9.79. The Balaban J connectivity index is 1.62. The van der Waals surface area contributed by atoms with E-state index in [-0.39, 0.29) is 22.1 Å². The van der Waals surface area contributed by atoms with Gasteiger partial charge in [0.1, 0.15) is 0 Å². The zero-order valence-electron chi connectivity index (χ0n) is 13.6. The first kappa shape index (κ1) is 18.2. The number of benzene rings is 2. The summed E-state index contributed by atoms with van der Waals surface area (Å²) in [6, 6.07) is 15.1. The van der Waals surface area contributed by atoms with Crippen molar-refractivity contribution in [3.63, 3.8) is 0 Å². The average Bonchev–Trinajstić information content (AvgIpc) is 2.62. The van der Waals surface area contributed by atoms with Gasteiger partial charge in [0.25, 0.3) is 0 Å². The van der Waals surface area contributed by atoms with Crippen LogP contribution in [0.5, 0.6) is 0 Å². The Morgan fingerprint density at radius 1 is 0.692 bits per heavy atom. The van der Waals surface area contributed by atoms with Crippen molar-refractivity contribution in [2.75, 3.05) is 0 Å². The Kier molecular flexibility index (Phi) is 5.20. The molecule has 2 aliphatic heterocycles. The largest absolute Gasteiger partial charge is 0.294 e. The van der Waals surface area contributed by atoms with Crippen molar-refractivity contribution in [3.8, 4) is 0 Å². The summed E-state index contributed by atoms with van der Waals surface area (Å²) >= 11 is 15.2. The van der Waals surface area contributed by atoms with Crippen LogP contribution in [0.15, 0.2) is 58.3 Å². The van der Waals surface area contributed by atoms with Crippen molar-refractivity contribution in [2.45, 2.75) is 23.3 Å². The van der Waals surface area contributed by atoms with E-state index in [0.717, 1.165) is 15.4 Å². The zero-order valence-corrected chi connectivity index (χ0v) is 16.7. The number of hydrogen-bond acceptors (Lipinski definition) is 4. The first-order chi connectivity index (χ1) is 12.5. The third-order valence-corrected chi connectivity index (χ3v) is 7.85. The zero-order chi connectivity index (χ0) is 18.3. The summed E-state index contributed by atoms with van der Waals surface area (Å²) in [5.74, 6) is -0.100. The smallest absolute Gasteiger partial charge is 0.169 e. The van der Waals surface area contributed by atoms with Gasteiger partial charge in [-0.05, 0) is 35.4 Å². The third-order valence-electron chi connectivity index (χ3n) is 4.49. The van der Waals surface area contributed by atoms with Crippen molar-refractivity contribution in [3.05, 3.63) is 79.5 Å². The highest BCUT2D eigenvalue weighted by atomic mass is 35.5. The second-order valence-electron chi connectivity index (χ2n) is 6.23. The van der Waals surface area contributed by atoms with Crippen LogP contribution in [0.2, 0.25) is 10.0 Å². The molecule has 2 aromatic rings. The van der Waals surface area contributed by atoms with Crippen molar-refractivity contribution in [1.29, 1.82) is 0 Å². The fourth-order valence-corrected chi connectivity index (χ4v) is 6.57. The van der Waals surface area contributed by atoms with Crippen molar-refractivity contribution >= 4 is 58.3 Å². The van der Waals surface area contributed by atoms with E-state index in [4.69, 9.17) is 23.2 Å². The Hall–Kier alpha value is -1.20. The number of thioether (sulfide) groups is 2.